The summed E-state index contributed by atoms with van der Waals surface area (Å²) in [4.78, 5) is 1.02. The third-order valence-electron chi connectivity index (χ3n) is 4.45. The van der Waals surface area contributed by atoms with Gasteiger partial charge in [-0.15, -0.1) is 0 Å². The smallest absolute Gasteiger partial charge is 0.419 e. The van der Waals surface area contributed by atoms with Crippen LogP contribution in [0.4, 0.5) is 27.6 Å². The number of anilines is 1. The number of benzene rings is 2. The first-order chi connectivity index (χ1) is 13.9. The van der Waals surface area contributed by atoms with Crippen molar-refractivity contribution in [2.75, 3.05) is 24.9 Å². The van der Waals surface area contributed by atoms with E-state index >= 15 is 0 Å². The van der Waals surface area contributed by atoms with Crippen LogP contribution in [0.2, 0.25) is 0 Å². The highest BCUT2D eigenvalue weighted by molar-refractivity contribution is 9.10. The zero-order valence-electron chi connectivity index (χ0n) is 15.4. The second kappa shape index (κ2) is 8.31. The summed E-state index contributed by atoms with van der Waals surface area (Å²) in [5, 5.41) is 0. The van der Waals surface area contributed by atoms with Crippen LogP contribution in [-0.4, -0.2) is 39.6 Å². The van der Waals surface area contributed by atoms with Gasteiger partial charge >= 0.3 is 6.18 Å². The molecular formula is C18H16BrF5N2O3S. The SMILES string of the molecule is CN1CC[C@H](Oc2cc(NS(=O)(=O)c3cc(Br)c(F)cc3F)ccc2C(F)(F)F)C1. The minimum absolute atomic E-state index is 0.260. The maximum atomic E-state index is 14.0. The normalized spacial score (nSPS) is 17.9. The molecule has 1 heterocycles. The molecule has 0 aromatic heterocycles. The average Bonchev–Trinajstić information content (AvgIpc) is 3.01. The molecule has 0 aliphatic carbocycles. The molecule has 3 rings (SSSR count). The van der Waals surface area contributed by atoms with Crippen molar-refractivity contribution in [1.82, 2.24) is 4.90 Å². The number of sulfonamides is 1. The Balaban J connectivity index is 1.94. The van der Waals surface area contributed by atoms with Gasteiger partial charge in [0.05, 0.1) is 15.7 Å². The molecule has 1 fully saturated rings. The van der Waals surface area contributed by atoms with E-state index in [1.807, 2.05) is 9.62 Å². The number of alkyl halides is 3. The number of nitrogens with one attached hydrogen (secondary N) is 1. The lowest BCUT2D eigenvalue weighted by molar-refractivity contribution is -0.139. The van der Waals surface area contributed by atoms with Crippen molar-refractivity contribution in [3.05, 3.63) is 52.0 Å². The molecule has 0 bridgehead atoms. The molecule has 0 saturated carbocycles. The van der Waals surface area contributed by atoms with E-state index in [-0.39, 0.29) is 10.2 Å². The van der Waals surface area contributed by atoms with Crippen molar-refractivity contribution < 1.29 is 35.1 Å². The first-order valence-electron chi connectivity index (χ1n) is 8.60. The lowest BCUT2D eigenvalue weighted by Crippen LogP contribution is -2.23. The zero-order chi connectivity index (χ0) is 22.3. The maximum Gasteiger partial charge on any atom is 0.419 e. The quantitative estimate of drug-likeness (QED) is 0.466. The van der Waals surface area contributed by atoms with Gasteiger partial charge in [-0.3, -0.25) is 4.72 Å². The number of ether oxygens (including phenoxy) is 1. The molecule has 0 spiro atoms. The Hall–Kier alpha value is -1.92. The van der Waals surface area contributed by atoms with Crippen LogP contribution in [0, 0.1) is 11.6 Å². The van der Waals surface area contributed by atoms with E-state index in [9.17, 15) is 30.4 Å². The summed E-state index contributed by atoms with van der Waals surface area (Å²) in [6, 6.07) is 3.59. The van der Waals surface area contributed by atoms with Gasteiger partial charge in [0.25, 0.3) is 10.0 Å². The molecule has 5 nitrogen and oxygen atoms in total. The molecule has 1 aliphatic rings. The van der Waals surface area contributed by atoms with Crippen molar-refractivity contribution in [3.8, 4) is 5.75 Å². The van der Waals surface area contributed by atoms with Crippen LogP contribution in [0.15, 0.2) is 39.7 Å². The molecular weight excluding hydrogens is 499 g/mol. The van der Waals surface area contributed by atoms with Crippen molar-refractivity contribution in [2.24, 2.45) is 0 Å². The van der Waals surface area contributed by atoms with E-state index in [2.05, 4.69) is 15.9 Å². The summed E-state index contributed by atoms with van der Waals surface area (Å²) in [7, 11) is -2.75. The Bertz CT molecular complexity index is 1060. The molecule has 0 radical (unpaired) electrons. The van der Waals surface area contributed by atoms with Crippen LogP contribution in [0.25, 0.3) is 0 Å². The van der Waals surface area contributed by atoms with E-state index in [1.54, 1.807) is 7.05 Å². The summed E-state index contributed by atoms with van der Waals surface area (Å²) in [5.41, 5.74) is -1.32. The molecule has 2 aromatic rings. The maximum absolute atomic E-state index is 14.0. The van der Waals surface area contributed by atoms with E-state index < -0.39 is 50.1 Å². The van der Waals surface area contributed by atoms with E-state index in [1.165, 1.54) is 0 Å². The summed E-state index contributed by atoms with van der Waals surface area (Å²) < 4.78 is 99.6. The monoisotopic (exact) mass is 514 g/mol. The van der Waals surface area contributed by atoms with Crippen LogP contribution in [0.5, 0.6) is 5.75 Å². The summed E-state index contributed by atoms with van der Waals surface area (Å²) in [6.45, 7) is 1.07. The Kier molecular flexibility index (Phi) is 6.30. The van der Waals surface area contributed by atoms with Gasteiger partial charge in [-0.05, 0) is 47.6 Å². The Morgan fingerprint density at radius 1 is 1.17 bits per heavy atom. The van der Waals surface area contributed by atoms with Gasteiger partial charge in [0, 0.05) is 25.2 Å². The number of likely N-dealkylation sites (N-methyl/N-ethyl adjacent to an activating group) is 1. The fourth-order valence-corrected chi connectivity index (χ4v) is 4.64. The molecule has 1 aliphatic heterocycles. The van der Waals surface area contributed by atoms with Crippen molar-refractivity contribution in [1.29, 1.82) is 0 Å². The predicted octanol–water partition coefficient (Wildman–Crippen LogP) is 4.63. The molecule has 0 unspecified atom stereocenters. The Labute approximate surface area is 178 Å². The van der Waals surface area contributed by atoms with Crippen LogP contribution in [0.3, 0.4) is 0 Å². The molecule has 30 heavy (non-hydrogen) atoms. The number of rotatable bonds is 5. The highest BCUT2D eigenvalue weighted by Crippen LogP contribution is 2.39. The van der Waals surface area contributed by atoms with Gasteiger partial charge in [0.2, 0.25) is 0 Å². The lowest BCUT2D eigenvalue weighted by atomic mass is 10.1. The molecule has 12 heteroatoms. The molecule has 1 atom stereocenters. The highest BCUT2D eigenvalue weighted by Gasteiger charge is 2.36. The topological polar surface area (TPSA) is 58.6 Å². The second-order valence-electron chi connectivity index (χ2n) is 6.80. The Morgan fingerprint density at radius 3 is 2.47 bits per heavy atom. The van der Waals surface area contributed by atoms with Crippen LogP contribution in [-0.2, 0) is 16.2 Å². The third-order valence-corrected chi connectivity index (χ3v) is 6.45. The van der Waals surface area contributed by atoms with Crippen LogP contribution < -0.4 is 9.46 Å². The summed E-state index contributed by atoms with van der Waals surface area (Å²) in [6.07, 6.45) is -4.70. The summed E-state index contributed by atoms with van der Waals surface area (Å²) >= 11 is 2.77. The van der Waals surface area contributed by atoms with Gasteiger partial charge in [-0.1, -0.05) is 0 Å². The van der Waals surface area contributed by atoms with Crippen LogP contribution in [0.1, 0.15) is 12.0 Å². The van der Waals surface area contributed by atoms with Gasteiger partial charge in [-0.25, -0.2) is 17.2 Å². The standard InChI is InChI=1S/C18H16BrF5N2O3S/c1-26-5-4-11(9-26)29-16-6-10(2-3-12(16)18(22,23)24)25-30(27,28)17-7-13(19)14(20)8-15(17)21/h2-3,6-8,11,25H,4-5,9H2,1H3/t11-/m0/s1. The molecule has 0 amide bonds. The molecule has 1 saturated heterocycles. The number of nitrogens with zero attached hydrogens (tertiary/aromatic N) is 1. The highest BCUT2D eigenvalue weighted by atomic mass is 79.9. The van der Waals surface area contributed by atoms with E-state index in [0.717, 1.165) is 18.2 Å². The second-order valence-corrected chi connectivity index (χ2v) is 9.31. The number of hydrogen-bond acceptors (Lipinski definition) is 4. The van der Waals surface area contributed by atoms with E-state index in [4.69, 9.17) is 4.74 Å². The molecule has 2 aromatic carbocycles. The first-order valence-corrected chi connectivity index (χ1v) is 10.9. The zero-order valence-corrected chi connectivity index (χ0v) is 17.8. The van der Waals surface area contributed by atoms with E-state index in [0.29, 0.717) is 31.6 Å². The average molecular weight is 515 g/mol. The molecule has 164 valence electrons. The van der Waals surface area contributed by atoms with Crippen LogP contribution >= 0.6 is 15.9 Å². The lowest BCUT2D eigenvalue weighted by Gasteiger charge is -2.19. The first kappa shape index (κ1) is 22.8. The Morgan fingerprint density at radius 2 is 1.87 bits per heavy atom. The largest absolute Gasteiger partial charge is 0.488 e. The van der Waals surface area contributed by atoms with Crippen molar-refractivity contribution >= 4 is 31.6 Å². The fourth-order valence-electron chi connectivity index (χ4n) is 3.01. The number of halogens is 6. The number of hydrogen-bond donors (Lipinski definition) is 1. The minimum Gasteiger partial charge on any atom is -0.488 e. The predicted molar refractivity (Wildman–Crippen MR) is 103 cm³/mol. The number of likely N-dealkylation sites (tertiary alicyclic amines) is 1. The molecule has 1 N–H and O–H groups in total. The van der Waals surface area contributed by atoms with Gasteiger partial charge in [-0.2, -0.15) is 13.2 Å². The summed E-state index contributed by atoms with van der Waals surface area (Å²) in [5.74, 6) is -2.89. The van der Waals surface area contributed by atoms with Gasteiger partial charge < -0.3 is 9.64 Å². The third kappa shape index (κ3) is 5.03. The van der Waals surface area contributed by atoms with Gasteiger partial charge in [0.1, 0.15) is 28.4 Å². The fraction of sp³-hybridized carbons (Fsp3) is 0.333. The van der Waals surface area contributed by atoms with Gasteiger partial charge in [0.15, 0.2) is 0 Å². The van der Waals surface area contributed by atoms with Crippen molar-refractivity contribution in [2.45, 2.75) is 23.6 Å². The minimum atomic E-state index is -4.72. The van der Waals surface area contributed by atoms with Crippen molar-refractivity contribution in [3.63, 3.8) is 0 Å².